The van der Waals surface area contributed by atoms with Gasteiger partial charge in [-0.15, -0.1) is 0 Å². The minimum atomic E-state index is -0.168. The van der Waals surface area contributed by atoms with Crippen molar-refractivity contribution in [3.8, 4) is 17.2 Å². The maximum Gasteiger partial charge on any atom is 0.258 e. The lowest BCUT2D eigenvalue weighted by atomic mass is 10.1. The van der Waals surface area contributed by atoms with Crippen molar-refractivity contribution in [1.29, 1.82) is 0 Å². The molecule has 0 saturated heterocycles. The zero-order chi connectivity index (χ0) is 17.1. The van der Waals surface area contributed by atoms with Gasteiger partial charge in [0, 0.05) is 0 Å². The number of benzene rings is 2. The van der Waals surface area contributed by atoms with Crippen molar-refractivity contribution in [2.75, 3.05) is 13.4 Å². The summed E-state index contributed by atoms with van der Waals surface area (Å²) in [6.45, 7) is 6.20. The molecule has 3 rings (SSSR count). The van der Waals surface area contributed by atoms with E-state index in [0.717, 1.165) is 16.9 Å². The van der Waals surface area contributed by atoms with Crippen molar-refractivity contribution in [3.05, 3.63) is 53.1 Å². The van der Waals surface area contributed by atoms with Gasteiger partial charge in [-0.05, 0) is 61.7 Å². The Kier molecular flexibility index (Phi) is 4.60. The van der Waals surface area contributed by atoms with Gasteiger partial charge in [0.25, 0.3) is 5.91 Å². The lowest BCUT2D eigenvalue weighted by Gasteiger charge is -2.15. The molecule has 5 nitrogen and oxygen atoms in total. The minimum absolute atomic E-state index is 0.0165. The molecule has 0 aliphatic carbocycles. The van der Waals surface area contributed by atoms with Crippen LogP contribution in [-0.4, -0.2) is 19.3 Å². The Bertz CT molecular complexity index is 757. The monoisotopic (exact) mass is 327 g/mol. The van der Waals surface area contributed by atoms with Gasteiger partial charge in [-0.1, -0.05) is 12.1 Å². The highest BCUT2D eigenvalue weighted by atomic mass is 16.7. The molecule has 1 aliphatic rings. The molecule has 0 saturated carbocycles. The molecule has 2 aromatic rings. The van der Waals surface area contributed by atoms with Gasteiger partial charge in [-0.3, -0.25) is 4.79 Å². The van der Waals surface area contributed by atoms with Gasteiger partial charge in [0.05, 0.1) is 6.04 Å². The number of fused-ring (bicyclic) bond motifs is 1. The van der Waals surface area contributed by atoms with Crippen molar-refractivity contribution in [2.24, 2.45) is 0 Å². The van der Waals surface area contributed by atoms with Crippen LogP contribution in [0.25, 0.3) is 0 Å². The first kappa shape index (κ1) is 16.2. The predicted molar refractivity (Wildman–Crippen MR) is 90.5 cm³/mol. The van der Waals surface area contributed by atoms with Gasteiger partial charge in [0.2, 0.25) is 6.79 Å². The third-order valence-electron chi connectivity index (χ3n) is 4.12. The summed E-state index contributed by atoms with van der Waals surface area (Å²) in [5.41, 5.74) is 3.30. The number of ether oxygens (including phenoxy) is 3. The molecule has 126 valence electrons. The van der Waals surface area contributed by atoms with E-state index in [-0.39, 0.29) is 25.3 Å². The quantitative estimate of drug-likeness (QED) is 0.915. The molecule has 1 N–H and O–H groups in total. The Balaban J connectivity index is 1.55. The molecule has 1 amide bonds. The number of carbonyl (C=O) groups excluding carboxylic acids is 1. The minimum Gasteiger partial charge on any atom is -0.484 e. The number of carbonyl (C=O) groups is 1. The van der Waals surface area contributed by atoms with E-state index in [1.807, 2.05) is 57.2 Å². The van der Waals surface area contributed by atoms with E-state index in [4.69, 9.17) is 14.2 Å². The number of aryl methyl sites for hydroxylation is 2. The number of rotatable bonds is 5. The van der Waals surface area contributed by atoms with Crippen LogP contribution in [0.1, 0.15) is 29.7 Å². The highest BCUT2D eigenvalue weighted by Gasteiger charge is 2.17. The van der Waals surface area contributed by atoms with Crippen molar-refractivity contribution in [2.45, 2.75) is 26.8 Å². The van der Waals surface area contributed by atoms with Gasteiger partial charge >= 0.3 is 0 Å². The highest BCUT2D eigenvalue weighted by molar-refractivity contribution is 5.78. The molecule has 24 heavy (non-hydrogen) atoms. The predicted octanol–water partition coefficient (Wildman–Crippen LogP) is 3.29. The zero-order valence-corrected chi connectivity index (χ0v) is 14.1. The molecule has 2 aromatic carbocycles. The second-order valence-corrected chi connectivity index (χ2v) is 5.94. The van der Waals surface area contributed by atoms with Gasteiger partial charge < -0.3 is 19.5 Å². The van der Waals surface area contributed by atoms with E-state index in [9.17, 15) is 4.79 Å². The molecule has 1 unspecified atom stereocenters. The van der Waals surface area contributed by atoms with Crippen LogP contribution in [0.2, 0.25) is 0 Å². The third kappa shape index (κ3) is 3.62. The summed E-state index contributed by atoms with van der Waals surface area (Å²) in [5, 5.41) is 2.92. The SMILES string of the molecule is Cc1ccc(OCC(=O)NC(C)c2ccc3c(c2)OCO3)cc1C. The van der Waals surface area contributed by atoms with Crippen molar-refractivity contribution in [1.82, 2.24) is 5.32 Å². The summed E-state index contributed by atoms with van der Waals surface area (Å²) < 4.78 is 16.2. The molecule has 1 aliphatic heterocycles. The standard InChI is InChI=1S/C19H21NO4/c1-12-4-6-16(8-13(12)2)22-10-19(21)20-14(3)15-5-7-17-18(9-15)24-11-23-17/h4-9,14H,10-11H2,1-3H3,(H,20,21). The Morgan fingerprint density at radius 3 is 2.71 bits per heavy atom. The number of amides is 1. The Morgan fingerprint density at radius 2 is 1.92 bits per heavy atom. The van der Waals surface area contributed by atoms with Gasteiger partial charge in [0.1, 0.15) is 5.75 Å². The number of hydrogen-bond acceptors (Lipinski definition) is 4. The molecule has 0 bridgehead atoms. The lowest BCUT2D eigenvalue weighted by Crippen LogP contribution is -2.31. The lowest BCUT2D eigenvalue weighted by molar-refractivity contribution is -0.123. The zero-order valence-electron chi connectivity index (χ0n) is 14.1. The molecular weight excluding hydrogens is 306 g/mol. The maximum atomic E-state index is 12.1. The summed E-state index contributed by atoms with van der Waals surface area (Å²) in [7, 11) is 0. The van der Waals surface area contributed by atoms with Crippen LogP contribution in [0.3, 0.4) is 0 Å². The van der Waals surface area contributed by atoms with Crippen LogP contribution in [0.4, 0.5) is 0 Å². The Morgan fingerprint density at radius 1 is 1.12 bits per heavy atom. The fourth-order valence-corrected chi connectivity index (χ4v) is 2.50. The Labute approximate surface area is 141 Å². The fourth-order valence-electron chi connectivity index (χ4n) is 2.50. The first-order valence-corrected chi connectivity index (χ1v) is 7.92. The van der Waals surface area contributed by atoms with Crippen LogP contribution in [0.15, 0.2) is 36.4 Å². The fraction of sp³-hybridized carbons (Fsp3) is 0.316. The summed E-state index contributed by atoms with van der Waals surface area (Å²) in [5.74, 6) is 1.97. The summed E-state index contributed by atoms with van der Waals surface area (Å²) in [6, 6.07) is 11.3. The molecule has 0 radical (unpaired) electrons. The first-order valence-electron chi connectivity index (χ1n) is 7.92. The van der Waals surface area contributed by atoms with E-state index >= 15 is 0 Å². The highest BCUT2D eigenvalue weighted by Crippen LogP contribution is 2.34. The van der Waals surface area contributed by atoms with Crippen LogP contribution in [0.5, 0.6) is 17.2 Å². The molecule has 1 atom stereocenters. The van der Waals surface area contributed by atoms with E-state index in [1.54, 1.807) is 0 Å². The summed E-state index contributed by atoms with van der Waals surface area (Å²) in [4.78, 5) is 12.1. The second kappa shape index (κ2) is 6.83. The average Bonchev–Trinajstić information content (AvgIpc) is 3.03. The third-order valence-corrected chi connectivity index (χ3v) is 4.12. The van der Waals surface area contributed by atoms with E-state index in [0.29, 0.717) is 11.5 Å². The smallest absolute Gasteiger partial charge is 0.258 e. The Hall–Kier alpha value is -2.69. The maximum absolute atomic E-state index is 12.1. The molecule has 0 aromatic heterocycles. The van der Waals surface area contributed by atoms with E-state index in [2.05, 4.69) is 5.32 Å². The van der Waals surface area contributed by atoms with Crippen LogP contribution in [-0.2, 0) is 4.79 Å². The molecular formula is C19H21NO4. The largest absolute Gasteiger partial charge is 0.484 e. The first-order chi connectivity index (χ1) is 11.5. The average molecular weight is 327 g/mol. The van der Waals surface area contributed by atoms with E-state index < -0.39 is 0 Å². The van der Waals surface area contributed by atoms with Gasteiger partial charge in [-0.2, -0.15) is 0 Å². The summed E-state index contributed by atoms with van der Waals surface area (Å²) >= 11 is 0. The van der Waals surface area contributed by atoms with Crippen molar-refractivity contribution in [3.63, 3.8) is 0 Å². The van der Waals surface area contributed by atoms with Crippen molar-refractivity contribution < 1.29 is 19.0 Å². The molecule has 5 heteroatoms. The topological polar surface area (TPSA) is 56.8 Å². The normalized spacial score (nSPS) is 13.5. The van der Waals surface area contributed by atoms with Crippen LogP contribution >= 0.6 is 0 Å². The van der Waals surface area contributed by atoms with E-state index in [1.165, 1.54) is 5.56 Å². The summed E-state index contributed by atoms with van der Waals surface area (Å²) in [6.07, 6.45) is 0. The van der Waals surface area contributed by atoms with Crippen LogP contribution < -0.4 is 19.5 Å². The number of nitrogens with one attached hydrogen (secondary N) is 1. The second-order valence-electron chi connectivity index (χ2n) is 5.94. The molecule has 0 spiro atoms. The van der Waals surface area contributed by atoms with Gasteiger partial charge in [-0.25, -0.2) is 0 Å². The van der Waals surface area contributed by atoms with Crippen LogP contribution in [0, 0.1) is 13.8 Å². The molecule has 1 heterocycles. The number of hydrogen-bond donors (Lipinski definition) is 1. The van der Waals surface area contributed by atoms with Gasteiger partial charge in [0.15, 0.2) is 18.1 Å². The van der Waals surface area contributed by atoms with Crippen molar-refractivity contribution >= 4 is 5.91 Å². The molecule has 0 fully saturated rings.